The molecule has 0 aliphatic rings. The number of carbonyl (C=O) groups is 1. The smallest absolute Gasteiger partial charge is 0.255 e. The first kappa shape index (κ1) is 21.1. The highest BCUT2D eigenvalue weighted by molar-refractivity contribution is 9.10. The number of benzene rings is 3. The maximum absolute atomic E-state index is 13.3. The highest BCUT2D eigenvalue weighted by atomic mass is 79.9. The first-order valence-electron chi connectivity index (χ1n) is 10.1. The fourth-order valence-corrected chi connectivity index (χ4v) is 3.78. The van der Waals surface area contributed by atoms with Crippen molar-refractivity contribution in [3.05, 3.63) is 76.5 Å². The molecular weight excluding hydrogens is 459 g/mol. The second-order valence-corrected chi connectivity index (χ2v) is 8.03. The van der Waals surface area contributed by atoms with Crippen molar-refractivity contribution in [3.63, 3.8) is 0 Å². The maximum atomic E-state index is 13.3. The molecule has 0 saturated heterocycles. The van der Waals surface area contributed by atoms with Gasteiger partial charge in [0.25, 0.3) is 5.91 Å². The lowest BCUT2D eigenvalue weighted by molar-refractivity contribution is 0.102. The van der Waals surface area contributed by atoms with Gasteiger partial charge in [0.1, 0.15) is 11.6 Å². The van der Waals surface area contributed by atoms with Gasteiger partial charge in [-0.05, 0) is 74.5 Å². The third-order valence-electron chi connectivity index (χ3n) is 5.18. The molecule has 158 valence electrons. The van der Waals surface area contributed by atoms with Gasteiger partial charge in [0.2, 0.25) is 0 Å². The van der Waals surface area contributed by atoms with Crippen LogP contribution in [0.2, 0.25) is 0 Å². The van der Waals surface area contributed by atoms with Crippen molar-refractivity contribution >= 4 is 44.2 Å². The van der Waals surface area contributed by atoms with Crippen LogP contribution in [0.25, 0.3) is 22.4 Å². The van der Waals surface area contributed by atoms with E-state index in [9.17, 15) is 9.18 Å². The van der Waals surface area contributed by atoms with Crippen LogP contribution in [0.4, 0.5) is 15.8 Å². The predicted octanol–water partition coefficient (Wildman–Crippen LogP) is 6.23. The molecule has 0 bridgehead atoms. The summed E-state index contributed by atoms with van der Waals surface area (Å²) < 4.78 is 14.2. The number of nitrogens with zero attached hydrogens (tertiary/aromatic N) is 2. The Morgan fingerprint density at radius 1 is 1.06 bits per heavy atom. The zero-order valence-electron chi connectivity index (χ0n) is 17.2. The van der Waals surface area contributed by atoms with Gasteiger partial charge in [-0.15, -0.1) is 0 Å². The van der Waals surface area contributed by atoms with Gasteiger partial charge < -0.3 is 15.2 Å². The summed E-state index contributed by atoms with van der Waals surface area (Å²) in [5.74, 6) is 0.178. The average molecular weight is 481 g/mol. The van der Waals surface area contributed by atoms with Gasteiger partial charge in [0.05, 0.1) is 22.4 Å². The molecule has 0 aliphatic carbocycles. The number of hydrogen-bond donors (Lipinski definition) is 2. The Balaban J connectivity index is 1.76. The first-order chi connectivity index (χ1) is 15.0. The molecule has 0 unspecified atom stereocenters. The lowest BCUT2D eigenvalue weighted by Gasteiger charge is -2.24. The van der Waals surface area contributed by atoms with Crippen molar-refractivity contribution < 1.29 is 9.18 Å². The van der Waals surface area contributed by atoms with Gasteiger partial charge in [0, 0.05) is 28.7 Å². The fraction of sp³-hybridized carbons (Fsp3) is 0.167. The summed E-state index contributed by atoms with van der Waals surface area (Å²) in [6, 6.07) is 17.3. The molecule has 2 N–H and O–H groups in total. The van der Waals surface area contributed by atoms with E-state index in [1.54, 1.807) is 24.3 Å². The highest BCUT2D eigenvalue weighted by Gasteiger charge is 2.16. The molecule has 1 heterocycles. The summed E-state index contributed by atoms with van der Waals surface area (Å²) in [5.41, 5.74) is 4.55. The van der Waals surface area contributed by atoms with Crippen molar-refractivity contribution in [1.82, 2.24) is 9.97 Å². The van der Waals surface area contributed by atoms with Crippen molar-refractivity contribution in [2.45, 2.75) is 13.8 Å². The summed E-state index contributed by atoms with van der Waals surface area (Å²) in [4.78, 5) is 23.0. The van der Waals surface area contributed by atoms with E-state index in [0.29, 0.717) is 17.1 Å². The third kappa shape index (κ3) is 4.46. The molecule has 5 nitrogen and oxygen atoms in total. The predicted molar refractivity (Wildman–Crippen MR) is 127 cm³/mol. The molecule has 0 saturated carbocycles. The molecule has 0 aliphatic heterocycles. The van der Waals surface area contributed by atoms with Crippen LogP contribution >= 0.6 is 15.9 Å². The number of hydrogen-bond acceptors (Lipinski definition) is 3. The van der Waals surface area contributed by atoms with Crippen LogP contribution in [0.1, 0.15) is 24.2 Å². The van der Waals surface area contributed by atoms with Crippen molar-refractivity contribution in [2.75, 3.05) is 23.3 Å². The summed E-state index contributed by atoms with van der Waals surface area (Å²) in [7, 11) is 0. The average Bonchev–Trinajstić information content (AvgIpc) is 3.18. The minimum Gasteiger partial charge on any atom is -0.370 e. The Morgan fingerprint density at radius 3 is 2.39 bits per heavy atom. The van der Waals surface area contributed by atoms with Gasteiger partial charge in [-0.2, -0.15) is 0 Å². The Hall–Kier alpha value is -3.19. The van der Waals surface area contributed by atoms with Crippen LogP contribution in [-0.2, 0) is 0 Å². The molecule has 0 spiro atoms. The zero-order valence-corrected chi connectivity index (χ0v) is 18.8. The minimum absolute atomic E-state index is 0.182. The van der Waals surface area contributed by atoms with E-state index in [-0.39, 0.29) is 11.7 Å². The lowest BCUT2D eigenvalue weighted by Crippen LogP contribution is -2.24. The van der Waals surface area contributed by atoms with E-state index in [4.69, 9.17) is 0 Å². The number of imidazole rings is 1. The summed E-state index contributed by atoms with van der Waals surface area (Å²) in [5, 5.41) is 3.05. The molecule has 31 heavy (non-hydrogen) atoms. The van der Waals surface area contributed by atoms with Crippen LogP contribution in [0.3, 0.4) is 0 Å². The van der Waals surface area contributed by atoms with E-state index in [1.807, 2.05) is 24.3 Å². The summed E-state index contributed by atoms with van der Waals surface area (Å²) >= 11 is 3.39. The Kier molecular flexibility index (Phi) is 6.04. The Morgan fingerprint density at radius 2 is 1.74 bits per heavy atom. The van der Waals surface area contributed by atoms with E-state index in [2.05, 4.69) is 50.0 Å². The number of aromatic nitrogens is 2. The second-order valence-electron chi connectivity index (χ2n) is 7.11. The highest BCUT2D eigenvalue weighted by Crippen LogP contribution is 2.32. The van der Waals surface area contributed by atoms with Gasteiger partial charge in [-0.25, -0.2) is 9.37 Å². The van der Waals surface area contributed by atoms with Crippen molar-refractivity contribution in [1.29, 1.82) is 0 Å². The zero-order chi connectivity index (χ0) is 22.0. The van der Waals surface area contributed by atoms with E-state index in [1.165, 1.54) is 12.1 Å². The molecule has 4 aromatic rings. The van der Waals surface area contributed by atoms with E-state index >= 15 is 0 Å². The quantitative estimate of drug-likeness (QED) is 0.343. The van der Waals surface area contributed by atoms with Crippen LogP contribution in [-0.4, -0.2) is 29.0 Å². The lowest BCUT2D eigenvalue weighted by atomic mass is 10.1. The fourth-order valence-electron chi connectivity index (χ4n) is 3.51. The standard InChI is InChI=1S/C24H22BrFN4O/c1-3-30(4-2)22-14-20-19(27-23(28-20)15-7-11-18(26)12-8-15)13-21(22)29-24(31)16-5-9-17(25)10-6-16/h5-14H,3-4H2,1-2H3,(H,27,28)(H,29,31). The van der Waals surface area contributed by atoms with Crippen LogP contribution < -0.4 is 10.2 Å². The van der Waals surface area contributed by atoms with Crippen molar-refractivity contribution in [3.8, 4) is 11.4 Å². The maximum Gasteiger partial charge on any atom is 0.255 e. The molecule has 0 atom stereocenters. The van der Waals surface area contributed by atoms with Crippen LogP contribution in [0.5, 0.6) is 0 Å². The third-order valence-corrected chi connectivity index (χ3v) is 5.70. The first-order valence-corrected chi connectivity index (χ1v) is 10.9. The monoisotopic (exact) mass is 480 g/mol. The molecule has 3 aromatic carbocycles. The van der Waals surface area contributed by atoms with E-state index < -0.39 is 0 Å². The van der Waals surface area contributed by atoms with Crippen LogP contribution in [0.15, 0.2) is 65.1 Å². The number of fused-ring (bicyclic) bond motifs is 1. The van der Waals surface area contributed by atoms with Gasteiger partial charge in [-0.3, -0.25) is 4.79 Å². The number of carbonyl (C=O) groups excluding carboxylic acids is 1. The Bertz CT molecular complexity index is 1220. The van der Waals surface area contributed by atoms with Gasteiger partial charge >= 0.3 is 0 Å². The summed E-state index contributed by atoms with van der Waals surface area (Å²) in [6.45, 7) is 5.72. The number of nitrogens with one attached hydrogen (secondary N) is 2. The number of halogens is 2. The number of rotatable bonds is 6. The van der Waals surface area contributed by atoms with Crippen LogP contribution in [0, 0.1) is 5.82 Å². The molecular formula is C24H22BrFN4O. The molecule has 0 radical (unpaired) electrons. The molecule has 4 rings (SSSR count). The number of amides is 1. The number of aromatic amines is 1. The van der Waals surface area contributed by atoms with Gasteiger partial charge in [0.15, 0.2) is 0 Å². The SMILES string of the molecule is CCN(CC)c1cc2nc(-c3ccc(F)cc3)[nH]c2cc1NC(=O)c1ccc(Br)cc1. The minimum atomic E-state index is -0.290. The topological polar surface area (TPSA) is 61.0 Å². The molecule has 7 heteroatoms. The molecule has 1 aromatic heterocycles. The van der Waals surface area contributed by atoms with E-state index in [0.717, 1.165) is 39.8 Å². The summed E-state index contributed by atoms with van der Waals surface area (Å²) in [6.07, 6.45) is 0. The number of anilines is 2. The molecule has 1 amide bonds. The normalized spacial score (nSPS) is 11.0. The Labute approximate surface area is 188 Å². The van der Waals surface area contributed by atoms with Crippen molar-refractivity contribution in [2.24, 2.45) is 0 Å². The number of H-pyrrole nitrogens is 1. The van der Waals surface area contributed by atoms with Gasteiger partial charge in [-0.1, -0.05) is 15.9 Å². The molecule has 0 fully saturated rings. The largest absolute Gasteiger partial charge is 0.370 e. The second kappa shape index (κ2) is 8.89.